The number of hydrogen-bond acceptors (Lipinski definition) is 3. The van der Waals surface area contributed by atoms with Crippen molar-refractivity contribution in [2.24, 2.45) is 0 Å². The minimum Gasteiger partial charge on any atom is -0.320 e. The van der Waals surface area contributed by atoms with Crippen LogP contribution in [0.3, 0.4) is 0 Å². The average molecular weight is 160 g/mol. The summed E-state index contributed by atoms with van der Waals surface area (Å²) in [7, 11) is -4.17. The third-order valence-electron chi connectivity index (χ3n) is 0.865. The Bertz CT molecular complexity index is 256. The smallest absolute Gasteiger partial charge is 0.320 e. The van der Waals surface area contributed by atoms with E-state index >= 15 is 0 Å². The Morgan fingerprint density at radius 2 is 2.20 bits per heavy atom. The Hall–Kier alpha value is -0.770. The van der Waals surface area contributed by atoms with E-state index in [1.54, 1.807) is 0 Å². The molecule has 5 nitrogen and oxygen atoms in total. The van der Waals surface area contributed by atoms with Crippen LogP contribution in [0.25, 0.3) is 0 Å². The van der Waals surface area contributed by atoms with Crippen molar-refractivity contribution in [3.05, 3.63) is 18.6 Å². The van der Waals surface area contributed by atoms with Crippen molar-refractivity contribution in [2.45, 2.75) is 0 Å². The van der Waals surface area contributed by atoms with Gasteiger partial charge in [-0.25, -0.2) is 9.97 Å². The van der Waals surface area contributed by atoms with Gasteiger partial charge >= 0.3 is 7.60 Å². The van der Waals surface area contributed by atoms with Crippen LogP contribution in [0.5, 0.6) is 0 Å². The van der Waals surface area contributed by atoms with Crippen molar-refractivity contribution in [3.8, 4) is 0 Å². The van der Waals surface area contributed by atoms with Crippen LogP contribution in [-0.2, 0) is 4.57 Å². The molecule has 0 saturated heterocycles. The van der Waals surface area contributed by atoms with Gasteiger partial charge in [0.1, 0.15) is 6.33 Å². The Labute approximate surface area is 56.9 Å². The molecule has 0 saturated carbocycles. The Morgan fingerprint density at radius 1 is 1.50 bits per heavy atom. The van der Waals surface area contributed by atoms with Gasteiger partial charge < -0.3 is 9.79 Å². The molecule has 0 fully saturated rings. The molecule has 0 spiro atoms. The summed E-state index contributed by atoms with van der Waals surface area (Å²) in [5.74, 6) is 0. The summed E-state index contributed by atoms with van der Waals surface area (Å²) in [4.78, 5) is 23.9. The van der Waals surface area contributed by atoms with Gasteiger partial charge in [0.05, 0.1) is 0 Å². The zero-order valence-corrected chi connectivity index (χ0v) is 5.77. The maximum absolute atomic E-state index is 10.4. The van der Waals surface area contributed by atoms with E-state index in [-0.39, 0.29) is 5.44 Å². The first-order valence-corrected chi connectivity index (χ1v) is 4.04. The first-order valence-electron chi connectivity index (χ1n) is 2.43. The van der Waals surface area contributed by atoms with E-state index in [2.05, 4.69) is 9.97 Å². The van der Waals surface area contributed by atoms with E-state index in [0.29, 0.717) is 0 Å². The predicted molar refractivity (Wildman–Crippen MR) is 33.7 cm³/mol. The normalized spacial score (nSPS) is 11.4. The maximum Gasteiger partial charge on any atom is 0.374 e. The zero-order valence-electron chi connectivity index (χ0n) is 4.88. The summed E-state index contributed by atoms with van der Waals surface area (Å²) in [5.41, 5.74) is -0.248. The minimum atomic E-state index is -4.17. The van der Waals surface area contributed by atoms with E-state index < -0.39 is 7.60 Å². The number of hydrogen-bond donors (Lipinski definition) is 2. The van der Waals surface area contributed by atoms with Crippen LogP contribution in [-0.4, -0.2) is 19.8 Å². The Morgan fingerprint density at radius 3 is 2.50 bits per heavy atom. The van der Waals surface area contributed by atoms with Gasteiger partial charge in [0.2, 0.25) is 0 Å². The molecule has 1 aromatic heterocycles. The van der Waals surface area contributed by atoms with Crippen LogP contribution in [0.15, 0.2) is 18.6 Å². The molecule has 1 rings (SSSR count). The van der Waals surface area contributed by atoms with Crippen LogP contribution in [0.2, 0.25) is 0 Å². The van der Waals surface area contributed by atoms with Crippen molar-refractivity contribution in [1.29, 1.82) is 0 Å². The number of nitrogens with zero attached hydrogens (tertiary/aromatic N) is 2. The van der Waals surface area contributed by atoms with Gasteiger partial charge in [0, 0.05) is 6.20 Å². The van der Waals surface area contributed by atoms with Gasteiger partial charge in [0.25, 0.3) is 0 Å². The molecule has 6 heteroatoms. The molecule has 10 heavy (non-hydrogen) atoms. The van der Waals surface area contributed by atoms with Crippen molar-refractivity contribution < 1.29 is 14.4 Å². The fourth-order valence-electron chi connectivity index (χ4n) is 0.456. The second-order valence-electron chi connectivity index (χ2n) is 1.61. The van der Waals surface area contributed by atoms with Crippen LogP contribution in [0, 0.1) is 0 Å². The van der Waals surface area contributed by atoms with Crippen molar-refractivity contribution in [2.75, 3.05) is 0 Å². The molecule has 0 aliphatic carbocycles. The summed E-state index contributed by atoms with van der Waals surface area (Å²) < 4.78 is 10.4. The monoisotopic (exact) mass is 160 g/mol. The van der Waals surface area contributed by atoms with Crippen molar-refractivity contribution >= 4 is 13.0 Å². The summed E-state index contributed by atoms with van der Waals surface area (Å²) in [6, 6.07) is 1.18. The molecular formula is C4H5N2O3P. The molecule has 0 unspecified atom stereocenters. The van der Waals surface area contributed by atoms with E-state index in [4.69, 9.17) is 9.79 Å². The molecule has 2 N–H and O–H groups in total. The highest BCUT2D eigenvalue weighted by atomic mass is 31.2. The first kappa shape index (κ1) is 7.34. The van der Waals surface area contributed by atoms with Gasteiger partial charge in [-0.3, -0.25) is 4.57 Å². The number of aromatic nitrogens is 2. The van der Waals surface area contributed by atoms with Gasteiger partial charge in [0.15, 0.2) is 5.44 Å². The fourth-order valence-corrected chi connectivity index (χ4v) is 0.919. The van der Waals surface area contributed by atoms with Gasteiger partial charge in [-0.05, 0) is 6.07 Å². The van der Waals surface area contributed by atoms with Crippen LogP contribution < -0.4 is 5.44 Å². The van der Waals surface area contributed by atoms with E-state index in [1.165, 1.54) is 12.3 Å². The van der Waals surface area contributed by atoms with Gasteiger partial charge in [-0.15, -0.1) is 0 Å². The molecule has 54 valence electrons. The lowest BCUT2D eigenvalue weighted by atomic mass is 10.7. The lowest BCUT2D eigenvalue weighted by Gasteiger charge is -1.98. The highest BCUT2D eigenvalue weighted by Gasteiger charge is 2.17. The lowest BCUT2D eigenvalue weighted by molar-refractivity contribution is 0.386. The predicted octanol–water partition coefficient (Wildman–Crippen LogP) is -0.720. The first-order chi connectivity index (χ1) is 4.61. The Kier molecular flexibility index (Phi) is 1.80. The van der Waals surface area contributed by atoms with Crippen molar-refractivity contribution in [1.82, 2.24) is 9.97 Å². The molecule has 0 radical (unpaired) electrons. The molecule has 0 atom stereocenters. The summed E-state index contributed by atoms with van der Waals surface area (Å²) in [5, 5.41) is 0. The largest absolute Gasteiger partial charge is 0.374 e. The molecule has 0 bridgehead atoms. The molecular weight excluding hydrogens is 155 g/mol. The van der Waals surface area contributed by atoms with Gasteiger partial charge in [-0.2, -0.15) is 0 Å². The molecule has 0 aromatic carbocycles. The Balaban J connectivity index is 3.09. The van der Waals surface area contributed by atoms with Gasteiger partial charge in [-0.1, -0.05) is 0 Å². The third-order valence-corrected chi connectivity index (χ3v) is 1.73. The molecule has 1 heterocycles. The topological polar surface area (TPSA) is 83.3 Å². The summed E-state index contributed by atoms with van der Waals surface area (Å²) in [6.07, 6.45) is 2.37. The van der Waals surface area contributed by atoms with Crippen LogP contribution in [0.4, 0.5) is 0 Å². The van der Waals surface area contributed by atoms with Crippen molar-refractivity contribution in [3.63, 3.8) is 0 Å². The van der Waals surface area contributed by atoms with Crippen LogP contribution in [0.1, 0.15) is 0 Å². The number of rotatable bonds is 1. The standard InChI is InChI=1S/C4H5N2O3P/c7-10(8,9)4-1-2-5-3-6-4/h1-3H,(H2,7,8,9). The summed E-state index contributed by atoms with van der Waals surface area (Å²) in [6.45, 7) is 0. The van der Waals surface area contributed by atoms with E-state index in [0.717, 1.165) is 6.33 Å². The van der Waals surface area contributed by atoms with E-state index in [9.17, 15) is 4.57 Å². The molecule has 0 aliphatic heterocycles. The third kappa shape index (κ3) is 1.60. The fraction of sp³-hybridized carbons (Fsp3) is 0. The highest BCUT2D eigenvalue weighted by Crippen LogP contribution is 2.30. The SMILES string of the molecule is O=P(O)(O)c1ccncn1. The van der Waals surface area contributed by atoms with Crippen LogP contribution >= 0.6 is 7.60 Å². The molecule has 0 aliphatic rings. The second-order valence-corrected chi connectivity index (χ2v) is 3.16. The highest BCUT2D eigenvalue weighted by molar-refractivity contribution is 7.59. The minimum absolute atomic E-state index is 0.248. The zero-order chi connectivity index (χ0) is 7.61. The average Bonchev–Trinajstić information content (AvgIpc) is 1.88. The lowest BCUT2D eigenvalue weighted by Crippen LogP contribution is -2.07. The second kappa shape index (κ2) is 2.46. The molecule has 0 amide bonds. The summed E-state index contributed by atoms with van der Waals surface area (Å²) >= 11 is 0. The van der Waals surface area contributed by atoms with E-state index in [1.807, 2.05) is 0 Å². The maximum atomic E-state index is 10.4. The quantitative estimate of drug-likeness (QED) is 0.529. The molecule has 1 aromatic rings.